The van der Waals surface area contributed by atoms with Crippen molar-refractivity contribution in [3.63, 3.8) is 0 Å². The smallest absolute Gasteiger partial charge is 0.231 e. The number of allylic oxidation sites excluding steroid dienone is 5. The molecular weight excluding hydrogens is 130 g/mol. The molecule has 1 aliphatic carbocycles. The molecule has 0 amide bonds. The van der Waals surface area contributed by atoms with Crippen LogP contribution in [0, 0.1) is 16.0 Å². The van der Waals surface area contributed by atoms with Crippen molar-refractivity contribution < 1.29 is 4.92 Å². The van der Waals surface area contributed by atoms with Crippen LogP contribution in [0.25, 0.3) is 0 Å². The summed E-state index contributed by atoms with van der Waals surface area (Å²) in [6, 6.07) is 0. The zero-order chi connectivity index (χ0) is 7.40. The molecule has 0 saturated carbocycles. The standard InChI is InChI=1S/C7H7NO2/c9-8(10)6-5-7-3-1-2-4-7/h1-7H. The van der Waals surface area contributed by atoms with E-state index in [0.29, 0.717) is 0 Å². The van der Waals surface area contributed by atoms with Crippen molar-refractivity contribution in [1.82, 2.24) is 0 Å². The van der Waals surface area contributed by atoms with Gasteiger partial charge in [-0.2, -0.15) is 0 Å². The summed E-state index contributed by atoms with van der Waals surface area (Å²) in [6.07, 6.45) is 10.0. The molecule has 0 unspecified atom stereocenters. The molecule has 0 aromatic rings. The summed E-state index contributed by atoms with van der Waals surface area (Å²) < 4.78 is 0. The maximum absolute atomic E-state index is 9.83. The first kappa shape index (κ1) is 6.74. The second-order valence-corrected chi connectivity index (χ2v) is 1.97. The van der Waals surface area contributed by atoms with Crippen molar-refractivity contribution >= 4 is 0 Å². The van der Waals surface area contributed by atoms with Crippen LogP contribution >= 0.6 is 0 Å². The van der Waals surface area contributed by atoms with Gasteiger partial charge in [0.15, 0.2) is 0 Å². The van der Waals surface area contributed by atoms with E-state index in [4.69, 9.17) is 0 Å². The Balaban J connectivity index is 2.46. The molecule has 0 N–H and O–H groups in total. The summed E-state index contributed by atoms with van der Waals surface area (Å²) in [5.41, 5.74) is 0. The highest BCUT2D eigenvalue weighted by molar-refractivity contribution is 5.21. The van der Waals surface area contributed by atoms with Crippen LogP contribution in [0.2, 0.25) is 0 Å². The van der Waals surface area contributed by atoms with E-state index < -0.39 is 4.92 Å². The van der Waals surface area contributed by atoms with Gasteiger partial charge in [0.2, 0.25) is 6.20 Å². The van der Waals surface area contributed by atoms with Crippen LogP contribution in [0.3, 0.4) is 0 Å². The van der Waals surface area contributed by atoms with Gasteiger partial charge in [0.05, 0.1) is 4.92 Å². The van der Waals surface area contributed by atoms with Crippen LogP contribution < -0.4 is 0 Å². The van der Waals surface area contributed by atoms with E-state index in [-0.39, 0.29) is 5.92 Å². The van der Waals surface area contributed by atoms with Gasteiger partial charge in [0.1, 0.15) is 0 Å². The zero-order valence-electron chi connectivity index (χ0n) is 5.31. The van der Waals surface area contributed by atoms with Crippen LogP contribution in [0.15, 0.2) is 36.6 Å². The van der Waals surface area contributed by atoms with Crippen molar-refractivity contribution in [2.24, 2.45) is 5.92 Å². The highest BCUT2D eigenvalue weighted by Gasteiger charge is 1.98. The summed E-state index contributed by atoms with van der Waals surface area (Å²) >= 11 is 0. The van der Waals surface area contributed by atoms with Gasteiger partial charge in [-0.05, 0) is 6.08 Å². The Kier molecular flexibility index (Phi) is 1.99. The van der Waals surface area contributed by atoms with Crippen molar-refractivity contribution in [2.75, 3.05) is 0 Å². The van der Waals surface area contributed by atoms with Crippen LogP contribution in [0.5, 0.6) is 0 Å². The van der Waals surface area contributed by atoms with Gasteiger partial charge in [0, 0.05) is 5.92 Å². The van der Waals surface area contributed by atoms with Crippen LogP contribution in [-0.4, -0.2) is 4.92 Å². The van der Waals surface area contributed by atoms with E-state index in [1.54, 1.807) is 6.08 Å². The quantitative estimate of drug-likeness (QED) is 0.427. The van der Waals surface area contributed by atoms with Gasteiger partial charge in [-0.25, -0.2) is 0 Å². The number of hydrogen-bond acceptors (Lipinski definition) is 2. The molecule has 3 nitrogen and oxygen atoms in total. The fourth-order valence-corrected chi connectivity index (χ4v) is 0.747. The molecule has 0 aromatic carbocycles. The predicted octanol–water partition coefficient (Wildman–Crippen LogP) is 1.52. The first-order chi connectivity index (χ1) is 4.79. The molecule has 0 atom stereocenters. The Morgan fingerprint density at radius 2 is 2.00 bits per heavy atom. The molecule has 0 bridgehead atoms. The minimum Gasteiger partial charge on any atom is -0.259 e. The van der Waals surface area contributed by atoms with Crippen molar-refractivity contribution in [3.8, 4) is 0 Å². The van der Waals surface area contributed by atoms with Gasteiger partial charge < -0.3 is 0 Å². The maximum Gasteiger partial charge on any atom is 0.231 e. The number of rotatable bonds is 2. The Morgan fingerprint density at radius 3 is 2.50 bits per heavy atom. The second kappa shape index (κ2) is 2.96. The van der Waals surface area contributed by atoms with E-state index >= 15 is 0 Å². The van der Waals surface area contributed by atoms with Gasteiger partial charge >= 0.3 is 0 Å². The minimum absolute atomic E-state index is 0.116. The average molecular weight is 137 g/mol. The van der Waals surface area contributed by atoms with E-state index in [1.807, 2.05) is 24.3 Å². The summed E-state index contributed by atoms with van der Waals surface area (Å²) in [7, 11) is 0. The van der Waals surface area contributed by atoms with Gasteiger partial charge in [0.25, 0.3) is 0 Å². The van der Waals surface area contributed by atoms with E-state index in [9.17, 15) is 10.1 Å². The lowest BCUT2D eigenvalue weighted by Gasteiger charge is -1.89. The summed E-state index contributed by atoms with van der Waals surface area (Å²) in [6.45, 7) is 0. The zero-order valence-corrected chi connectivity index (χ0v) is 5.31. The van der Waals surface area contributed by atoms with Gasteiger partial charge in [-0.15, -0.1) is 0 Å². The van der Waals surface area contributed by atoms with Crippen molar-refractivity contribution in [3.05, 3.63) is 46.7 Å². The molecule has 1 aliphatic rings. The lowest BCUT2D eigenvalue weighted by molar-refractivity contribution is -0.402. The fourth-order valence-electron chi connectivity index (χ4n) is 0.747. The van der Waals surface area contributed by atoms with Gasteiger partial charge in [-0.3, -0.25) is 10.1 Å². The van der Waals surface area contributed by atoms with Crippen LogP contribution in [-0.2, 0) is 0 Å². The molecule has 10 heavy (non-hydrogen) atoms. The largest absolute Gasteiger partial charge is 0.259 e. The fraction of sp³-hybridized carbons (Fsp3) is 0.143. The van der Waals surface area contributed by atoms with E-state index in [0.717, 1.165) is 6.20 Å². The molecule has 1 rings (SSSR count). The third-order valence-electron chi connectivity index (χ3n) is 1.21. The topological polar surface area (TPSA) is 43.1 Å². The first-order valence-corrected chi connectivity index (χ1v) is 2.96. The SMILES string of the molecule is O=[N+]([O-])C=CC1C=CC=C1. The molecule has 52 valence electrons. The third-order valence-corrected chi connectivity index (χ3v) is 1.21. The number of hydrogen-bond donors (Lipinski definition) is 0. The van der Waals surface area contributed by atoms with Crippen molar-refractivity contribution in [1.29, 1.82) is 0 Å². The minimum atomic E-state index is -0.458. The molecule has 0 radical (unpaired) electrons. The third kappa shape index (κ3) is 1.85. The number of nitrogens with zero attached hydrogens (tertiary/aromatic N) is 1. The second-order valence-electron chi connectivity index (χ2n) is 1.97. The van der Waals surface area contributed by atoms with E-state index in [1.165, 1.54) is 0 Å². The lowest BCUT2D eigenvalue weighted by Crippen LogP contribution is -1.87. The number of nitro groups is 1. The monoisotopic (exact) mass is 137 g/mol. The van der Waals surface area contributed by atoms with Gasteiger partial charge in [-0.1, -0.05) is 24.3 Å². The molecule has 0 aliphatic heterocycles. The average Bonchev–Trinajstić information content (AvgIpc) is 2.34. The normalized spacial score (nSPS) is 17.2. The highest BCUT2D eigenvalue weighted by Crippen LogP contribution is 2.09. The van der Waals surface area contributed by atoms with Crippen LogP contribution in [0.4, 0.5) is 0 Å². The molecule has 0 heterocycles. The molecule has 0 saturated heterocycles. The Labute approximate surface area is 58.5 Å². The summed E-state index contributed by atoms with van der Waals surface area (Å²) in [5, 5.41) is 9.83. The van der Waals surface area contributed by atoms with E-state index in [2.05, 4.69) is 0 Å². The highest BCUT2D eigenvalue weighted by atomic mass is 16.6. The molecule has 0 spiro atoms. The molecular formula is C7H7NO2. The summed E-state index contributed by atoms with van der Waals surface area (Å²) in [5.74, 6) is 0.116. The molecule has 0 fully saturated rings. The van der Waals surface area contributed by atoms with Crippen LogP contribution in [0.1, 0.15) is 0 Å². The molecule has 3 heteroatoms. The lowest BCUT2D eigenvalue weighted by atomic mass is 10.2. The Bertz CT molecular complexity index is 204. The first-order valence-electron chi connectivity index (χ1n) is 2.96. The molecule has 0 aromatic heterocycles. The predicted molar refractivity (Wildman–Crippen MR) is 37.9 cm³/mol. The Morgan fingerprint density at radius 1 is 1.40 bits per heavy atom. The summed E-state index contributed by atoms with van der Waals surface area (Å²) in [4.78, 5) is 9.37. The Hall–Kier alpha value is -1.38. The maximum atomic E-state index is 9.83. The van der Waals surface area contributed by atoms with Crippen molar-refractivity contribution in [2.45, 2.75) is 0 Å².